The molecule has 0 radical (unpaired) electrons. The molecule has 0 spiro atoms. The molecule has 2 aromatic carbocycles. The molecule has 32 heavy (non-hydrogen) atoms. The number of nitrogens with zero attached hydrogens (tertiary/aromatic N) is 2. The molecule has 1 fully saturated rings. The highest BCUT2D eigenvalue weighted by molar-refractivity contribution is 8.15. The molecule has 0 aromatic heterocycles. The average Bonchev–Trinajstić information content (AvgIpc) is 3.06. The van der Waals surface area contributed by atoms with E-state index in [2.05, 4.69) is 10.3 Å². The van der Waals surface area contributed by atoms with Gasteiger partial charge in [-0.3, -0.25) is 14.5 Å². The summed E-state index contributed by atoms with van der Waals surface area (Å²) in [5.74, 6) is -0.103. The van der Waals surface area contributed by atoms with Gasteiger partial charge in [0.05, 0.1) is 25.0 Å². The maximum atomic E-state index is 13.1. The molecular formula is C22H24ClN3O5S. The molecule has 0 bridgehead atoms. The number of amides is 2. The van der Waals surface area contributed by atoms with E-state index >= 15 is 0 Å². The second-order valence-electron chi connectivity index (χ2n) is 6.78. The number of para-hydroxylation sites is 1. The predicted molar refractivity (Wildman–Crippen MR) is 126 cm³/mol. The molecule has 1 saturated heterocycles. The second-order valence-corrected chi connectivity index (χ2v) is 8.39. The normalized spacial score (nSPS) is 17.3. The van der Waals surface area contributed by atoms with Crippen molar-refractivity contribution in [2.75, 3.05) is 33.2 Å². The number of rotatable bonds is 9. The number of ether oxygens (including phenoxy) is 3. The second kappa shape index (κ2) is 11.3. The van der Waals surface area contributed by atoms with Gasteiger partial charge in [-0.1, -0.05) is 41.6 Å². The number of methoxy groups -OCH3 is 3. The molecule has 1 heterocycles. The number of anilines is 1. The van der Waals surface area contributed by atoms with Gasteiger partial charge in [0, 0.05) is 25.7 Å². The summed E-state index contributed by atoms with van der Waals surface area (Å²) in [5.41, 5.74) is 1.14. The van der Waals surface area contributed by atoms with E-state index in [9.17, 15) is 9.59 Å². The van der Waals surface area contributed by atoms with E-state index in [1.807, 2.05) is 30.3 Å². The Hall–Kier alpha value is -2.59. The minimum atomic E-state index is -0.642. The highest BCUT2D eigenvalue weighted by Crippen LogP contribution is 2.33. The van der Waals surface area contributed by atoms with Crippen molar-refractivity contribution in [3.63, 3.8) is 0 Å². The first-order valence-corrected chi connectivity index (χ1v) is 11.0. The Labute approximate surface area is 195 Å². The lowest BCUT2D eigenvalue weighted by Gasteiger charge is -2.21. The number of hydrogen-bond donors (Lipinski definition) is 1. The van der Waals surface area contributed by atoms with Crippen molar-refractivity contribution < 1.29 is 23.8 Å². The highest BCUT2D eigenvalue weighted by atomic mass is 35.5. The van der Waals surface area contributed by atoms with Crippen LogP contribution in [0, 0.1) is 0 Å². The van der Waals surface area contributed by atoms with Crippen LogP contribution in [-0.4, -0.2) is 61.3 Å². The molecule has 0 saturated carbocycles. The van der Waals surface area contributed by atoms with E-state index in [1.165, 1.54) is 38.0 Å². The van der Waals surface area contributed by atoms with Gasteiger partial charge in [0.15, 0.2) is 11.5 Å². The number of hydrogen-bond acceptors (Lipinski definition) is 7. The Morgan fingerprint density at radius 3 is 2.56 bits per heavy atom. The number of amidine groups is 1. The summed E-state index contributed by atoms with van der Waals surface area (Å²) < 4.78 is 15.8. The van der Waals surface area contributed by atoms with Gasteiger partial charge in [-0.15, -0.1) is 0 Å². The lowest BCUT2D eigenvalue weighted by molar-refractivity contribution is -0.138. The molecule has 0 aliphatic carbocycles. The third-order valence-electron chi connectivity index (χ3n) is 4.66. The van der Waals surface area contributed by atoms with Gasteiger partial charge >= 0.3 is 0 Å². The van der Waals surface area contributed by atoms with E-state index in [4.69, 9.17) is 25.8 Å². The fourth-order valence-corrected chi connectivity index (χ4v) is 4.39. The Bertz CT molecular complexity index is 985. The van der Waals surface area contributed by atoms with Crippen molar-refractivity contribution in [3.8, 4) is 5.75 Å². The van der Waals surface area contributed by atoms with E-state index < -0.39 is 11.5 Å². The van der Waals surface area contributed by atoms with Crippen molar-refractivity contribution in [1.29, 1.82) is 0 Å². The zero-order chi connectivity index (χ0) is 23.1. The number of nitrogens with one attached hydrogen (secondary N) is 1. The van der Waals surface area contributed by atoms with E-state index in [1.54, 1.807) is 18.2 Å². The Balaban J connectivity index is 1.78. The molecule has 1 atom stereocenters. The van der Waals surface area contributed by atoms with Gasteiger partial charge < -0.3 is 19.5 Å². The van der Waals surface area contributed by atoms with E-state index in [0.717, 1.165) is 0 Å². The molecule has 8 nitrogen and oxygen atoms in total. The van der Waals surface area contributed by atoms with Crippen molar-refractivity contribution >= 4 is 51.7 Å². The SMILES string of the molecule is COc1ccc(Cl)cc1NC(=O)CC1SC(=Nc2ccccc2)N(CC(OC)OC)C1=O. The number of thioether (sulfide) groups is 1. The third kappa shape index (κ3) is 6.01. The van der Waals surface area contributed by atoms with Crippen LogP contribution in [0.5, 0.6) is 5.75 Å². The number of benzene rings is 2. The van der Waals surface area contributed by atoms with Gasteiger partial charge in [-0.25, -0.2) is 4.99 Å². The zero-order valence-electron chi connectivity index (χ0n) is 17.9. The zero-order valence-corrected chi connectivity index (χ0v) is 19.5. The van der Waals surface area contributed by atoms with Gasteiger partial charge in [-0.2, -0.15) is 0 Å². The third-order valence-corrected chi connectivity index (χ3v) is 6.08. The Morgan fingerprint density at radius 2 is 1.91 bits per heavy atom. The molecule has 170 valence electrons. The smallest absolute Gasteiger partial charge is 0.242 e. The lowest BCUT2D eigenvalue weighted by atomic mass is 10.2. The molecule has 10 heteroatoms. The van der Waals surface area contributed by atoms with Crippen LogP contribution in [0.2, 0.25) is 5.02 Å². The first-order chi connectivity index (χ1) is 15.4. The van der Waals surface area contributed by atoms with Crippen molar-refractivity contribution in [3.05, 3.63) is 53.6 Å². The largest absolute Gasteiger partial charge is 0.495 e. The first kappa shape index (κ1) is 24.1. The monoisotopic (exact) mass is 477 g/mol. The molecule has 1 unspecified atom stereocenters. The van der Waals surface area contributed by atoms with E-state index in [-0.39, 0.29) is 24.8 Å². The van der Waals surface area contributed by atoms with Crippen LogP contribution in [-0.2, 0) is 19.1 Å². The van der Waals surface area contributed by atoms with Crippen LogP contribution in [0.25, 0.3) is 0 Å². The average molecular weight is 478 g/mol. The van der Waals surface area contributed by atoms with Crippen LogP contribution in [0.3, 0.4) is 0 Å². The van der Waals surface area contributed by atoms with Crippen LogP contribution >= 0.6 is 23.4 Å². The van der Waals surface area contributed by atoms with Crippen molar-refractivity contribution in [2.45, 2.75) is 18.0 Å². The number of halogens is 1. The van der Waals surface area contributed by atoms with Crippen LogP contribution < -0.4 is 10.1 Å². The number of carbonyl (C=O) groups is 2. The molecule has 1 aliphatic heterocycles. The van der Waals surface area contributed by atoms with Gasteiger partial charge in [0.2, 0.25) is 11.8 Å². The summed E-state index contributed by atoms with van der Waals surface area (Å²) in [4.78, 5) is 31.9. The van der Waals surface area contributed by atoms with Gasteiger partial charge in [-0.05, 0) is 30.3 Å². The maximum absolute atomic E-state index is 13.1. The summed E-state index contributed by atoms with van der Waals surface area (Å²) >= 11 is 7.26. The topological polar surface area (TPSA) is 89.5 Å². The summed E-state index contributed by atoms with van der Waals surface area (Å²) in [7, 11) is 4.50. The highest BCUT2D eigenvalue weighted by Gasteiger charge is 2.40. The summed E-state index contributed by atoms with van der Waals surface area (Å²) in [6, 6.07) is 14.2. The van der Waals surface area contributed by atoms with Gasteiger partial charge in [0.1, 0.15) is 11.0 Å². The number of aliphatic imine (C=N–C) groups is 1. The maximum Gasteiger partial charge on any atom is 0.242 e. The molecule has 3 rings (SSSR count). The molecule has 2 aromatic rings. The van der Waals surface area contributed by atoms with E-state index in [0.29, 0.717) is 27.3 Å². The predicted octanol–water partition coefficient (Wildman–Crippen LogP) is 3.93. The minimum Gasteiger partial charge on any atom is -0.495 e. The summed E-state index contributed by atoms with van der Waals surface area (Å²) in [5, 5.41) is 3.07. The first-order valence-electron chi connectivity index (χ1n) is 9.76. The fourth-order valence-electron chi connectivity index (χ4n) is 3.05. The molecule has 1 N–H and O–H groups in total. The van der Waals surface area contributed by atoms with Crippen LogP contribution in [0.4, 0.5) is 11.4 Å². The standard InChI is InChI=1S/C22H24ClN3O5S/c1-29-17-10-9-14(23)11-16(17)25-19(27)12-18-21(28)26(13-20(30-2)31-3)22(32-18)24-15-7-5-4-6-8-15/h4-11,18,20H,12-13H2,1-3H3,(H,25,27). The van der Waals surface area contributed by atoms with Crippen molar-refractivity contribution in [2.24, 2.45) is 4.99 Å². The lowest BCUT2D eigenvalue weighted by Crippen LogP contribution is -2.40. The molecule has 2 amide bonds. The molecule has 1 aliphatic rings. The van der Waals surface area contributed by atoms with Gasteiger partial charge in [0.25, 0.3) is 0 Å². The van der Waals surface area contributed by atoms with Crippen molar-refractivity contribution in [1.82, 2.24) is 4.90 Å². The Morgan fingerprint density at radius 1 is 1.19 bits per heavy atom. The summed E-state index contributed by atoms with van der Waals surface area (Å²) in [6.07, 6.45) is -0.669. The summed E-state index contributed by atoms with van der Waals surface area (Å²) in [6.45, 7) is 0.157. The Kier molecular flexibility index (Phi) is 8.52. The minimum absolute atomic E-state index is 0.0475. The quantitative estimate of drug-likeness (QED) is 0.550. The van der Waals surface area contributed by atoms with Crippen LogP contribution in [0.1, 0.15) is 6.42 Å². The fraction of sp³-hybridized carbons (Fsp3) is 0.318. The number of carbonyl (C=O) groups excluding carboxylic acids is 2. The van der Waals surface area contributed by atoms with Crippen LogP contribution in [0.15, 0.2) is 53.5 Å². The molecular weight excluding hydrogens is 454 g/mol.